The van der Waals surface area contributed by atoms with Gasteiger partial charge in [0.2, 0.25) is 0 Å². The van der Waals surface area contributed by atoms with Crippen LogP contribution in [0.4, 0.5) is 8.78 Å². The largest absolute Gasteiger partial charge is 0.434 e. The standard InChI is InChI=1S/C26H22F2N6O4/c1-25(36)9-26(37,10-25)23-29-7-12(8-30-23)15-6-17-20-14-5-16(21(20)33-34(17)11-31-15)32-22(35)13-3-2-4-18(19(13)14)38-24(27)28/h2-4,6-8,11,14,16,24,36-37H,5,9-10H2,1H3,(H,32,35)/t14-,16-,25?,26?/m1/s1. The summed E-state index contributed by atoms with van der Waals surface area (Å²) in [6.07, 6.45) is 5.46. The van der Waals surface area contributed by atoms with Crippen LogP contribution in [-0.4, -0.2) is 52.9 Å². The van der Waals surface area contributed by atoms with Gasteiger partial charge in [-0.2, -0.15) is 13.9 Å². The van der Waals surface area contributed by atoms with E-state index < -0.39 is 23.7 Å². The van der Waals surface area contributed by atoms with Gasteiger partial charge in [-0.25, -0.2) is 19.5 Å². The van der Waals surface area contributed by atoms with Crippen molar-refractivity contribution in [2.24, 2.45) is 0 Å². The second kappa shape index (κ2) is 7.74. The molecule has 1 saturated carbocycles. The van der Waals surface area contributed by atoms with E-state index in [9.17, 15) is 23.8 Å². The zero-order chi connectivity index (χ0) is 26.4. The van der Waals surface area contributed by atoms with Crippen molar-refractivity contribution in [3.8, 4) is 17.0 Å². The highest BCUT2D eigenvalue weighted by Crippen LogP contribution is 2.51. The second-order valence-electron chi connectivity index (χ2n) is 10.5. The van der Waals surface area contributed by atoms with Crippen LogP contribution in [-0.2, 0) is 5.60 Å². The topological polar surface area (TPSA) is 135 Å². The van der Waals surface area contributed by atoms with Crippen molar-refractivity contribution in [1.29, 1.82) is 0 Å². The number of hydrogen-bond donors (Lipinski definition) is 3. The molecule has 12 heteroatoms. The Morgan fingerprint density at radius 1 is 1.16 bits per heavy atom. The van der Waals surface area contributed by atoms with Gasteiger partial charge in [0, 0.05) is 53.4 Å². The molecule has 10 nitrogen and oxygen atoms in total. The first-order valence-corrected chi connectivity index (χ1v) is 12.2. The molecule has 1 aromatic carbocycles. The van der Waals surface area contributed by atoms with E-state index in [0.717, 1.165) is 5.56 Å². The van der Waals surface area contributed by atoms with Gasteiger partial charge in [-0.1, -0.05) is 6.07 Å². The number of benzene rings is 1. The lowest BCUT2D eigenvalue weighted by atomic mass is 9.68. The van der Waals surface area contributed by atoms with E-state index >= 15 is 0 Å². The van der Waals surface area contributed by atoms with Gasteiger partial charge in [-0.15, -0.1) is 0 Å². The Labute approximate surface area is 214 Å². The summed E-state index contributed by atoms with van der Waals surface area (Å²) >= 11 is 0. The predicted molar refractivity (Wildman–Crippen MR) is 128 cm³/mol. The van der Waals surface area contributed by atoms with Crippen molar-refractivity contribution < 1.29 is 28.5 Å². The number of aliphatic hydroxyl groups is 2. The maximum Gasteiger partial charge on any atom is 0.387 e. The van der Waals surface area contributed by atoms with Crippen molar-refractivity contribution in [1.82, 2.24) is 29.9 Å². The minimum absolute atomic E-state index is 0.0309. The normalized spacial score (nSPS) is 27.5. The second-order valence-corrected chi connectivity index (χ2v) is 10.5. The van der Waals surface area contributed by atoms with Gasteiger partial charge in [0.1, 0.15) is 17.7 Å². The Balaban J connectivity index is 1.31. The van der Waals surface area contributed by atoms with Crippen LogP contribution >= 0.6 is 0 Å². The van der Waals surface area contributed by atoms with Crippen LogP contribution in [0.2, 0.25) is 0 Å². The lowest BCUT2D eigenvalue weighted by Crippen LogP contribution is -2.53. The highest BCUT2D eigenvalue weighted by molar-refractivity contribution is 5.98. The maximum atomic E-state index is 13.2. The summed E-state index contributed by atoms with van der Waals surface area (Å²) in [6, 6.07) is 6.02. The first kappa shape index (κ1) is 23.1. The number of alkyl halides is 2. The molecule has 7 rings (SSSR count). The number of ether oxygens (including phenoxy) is 1. The van der Waals surface area contributed by atoms with Gasteiger partial charge in [0.25, 0.3) is 5.91 Å². The van der Waals surface area contributed by atoms with Crippen molar-refractivity contribution >= 4 is 11.4 Å². The molecular formula is C26H22F2N6O4. The van der Waals surface area contributed by atoms with Crippen LogP contribution in [0.5, 0.6) is 5.75 Å². The number of aromatic nitrogens is 5. The van der Waals surface area contributed by atoms with Gasteiger partial charge >= 0.3 is 6.61 Å². The van der Waals surface area contributed by atoms with E-state index in [1.54, 1.807) is 36.2 Å². The minimum Gasteiger partial charge on any atom is -0.434 e. The molecule has 1 fully saturated rings. The summed E-state index contributed by atoms with van der Waals surface area (Å²) in [5.41, 5.74) is 1.85. The first-order chi connectivity index (χ1) is 18.1. The van der Waals surface area contributed by atoms with Gasteiger partial charge in [0.15, 0.2) is 5.82 Å². The first-order valence-electron chi connectivity index (χ1n) is 12.2. The van der Waals surface area contributed by atoms with Crippen LogP contribution < -0.4 is 10.1 Å². The number of amides is 1. The molecule has 0 spiro atoms. The number of rotatable bonds is 4. The van der Waals surface area contributed by atoms with Crippen LogP contribution in [0.3, 0.4) is 0 Å². The quantitative estimate of drug-likeness (QED) is 0.374. The summed E-state index contributed by atoms with van der Waals surface area (Å²) in [6.45, 7) is -1.38. The summed E-state index contributed by atoms with van der Waals surface area (Å²) in [4.78, 5) is 26.0. The smallest absolute Gasteiger partial charge is 0.387 e. The van der Waals surface area contributed by atoms with Gasteiger partial charge in [-0.05, 0) is 31.5 Å². The highest BCUT2D eigenvalue weighted by Gasteiger charge is 2.53. The average molecular weight is 520 g/mol. The Hall–Kier alpha value is -4.03. The molecule has 3 N–H and O–H groups in total. The third-order valence-corrected chi connectivity index (χ3v) is 7.63. The third kappa shape index (κ3) is 3.40. The van der Waals surface area contributed by atoms with E-state index in [1.807, 2.05) is 6.07 Å². The molecule has 3 aliphatic rings. The number of carbonyl (C=O) groups excluding carboxylic acids is 1. The molecule has 0 saturated heterocycles. The fourth-order valence-electron chi connectivity index (χ4n) is 6.22. The zero-order valence-electron chi connectivity index (χ0n) is 20.1. The molecule has 4 heterocycles. The molecule has 4 aromatic rings. The van der Waals surface area contributed by atoms with Crippen molar-refractivity contribution in [2.45, 2.75) is 56.0 Å². The summed E-state index contributed by atoms with van der Waals surface area (Å²) in [5.74, 6) is -0.550. The molecule has 1 aliphatic heterocycles. The molecule has 2 aliphatic carbocycles. The molecule has 0 unspecified atom stereocenters. The minimum atomic E-state index is -3.03. The van der Waals surface area contributed by atoms with E-state index in [1.165, 1.54) is 12.1 Å². The maximum absolute atomic E-state index is 13.2. The Morgan fingerprint density at radius 2 is 1.92 bits per heavy atom. The van der Waals surface area contributed by atoms with Crippen molar-refractivity contribution in [2.75, 3.05) is 0 Å². The monoisotopic (exact) mass is 520 g/mol. The van der Waals surface area contributed by atoms with Crippen LogP contribution in [0, 0.1) is 0 Å². The van der Waals surface area contributed by atoms with Crippen molar-refractivity contribution in [3.63, 3.8) is 0 Å². The number of carbonyl (C=O) groups is 1. The lowest BCUT2D eigenvalue weighted by Gasteiger charge is -2.46. The summed E-state index contributed by atoms with van der Waals surface area (Å²) < 4.78 is 32.9. The van der Waals surface area contributed by atoms with Crippen LogP contribution in [0.1, 0.15) is 71.1 Å². The molecule has 1 amide bonds. The van der Waals surface area contributed by atoms with Crippen LogP contribution in [0.15, 0.2) is 43.0 Å². The lowest BCUT2D eigenvalue weighted by molar-refractivity contribution is -0.180. The Bertz CT molecular complexity index is 1610. The molecule has 2 atom stereocenters. The summed E-state index contributed by atoms with van der Waals surface area (Å²) in [5, 5.41) is 28.3. The Morgan fingerprint density at radius 3 is 2.63 bits per heavy atom. The van der Waals surface area contributed by atoms with E-state index in [-0.39, 0.29) is 36.4 Å². The number of fused-ring (bicyclic) bond motifs is 9. The fourth-order valence-corrected chi connectivity index (χ4v) is 6.22. The van der Waals surface area contributed by atoms with Gasteiger partial charge in [-0.3, -0.25) is 4.79 Å². The van der Waals surface area contributed by atoms with E-state index in [2.05, 4.69) is 25.4 Å². The Kier molecular flexibility index (Phi) is 4.71. The highest BCUT2D eigenvalue weighted by atomic mass is 19.3. The molecule has 2 bridgehead atoms. The molecule has 194 valence electrons. The third-order valence-electron chi connectivity index (χ3n) is 7.63. The predicted octanol–water partition coefficient (Wildman–Crippen LogP) is 2.84. The van der Waals surface area contributed by atoms with Gasteiger partial charge in [0.05, 0.1) is 28.5 Å². The van der Waals surface area contributed by atoms with Gasteiger partial charge < -0.3 is 20.3 Å². The molecule has 0 radical (unpaired) electrons. The average Bonchev–Trinajstić information content (AvgIpc) is 3.34. The zero-order valence-corrected chi connectivity index (χ0v) is 20.1. The van der Waals surface area contributed by atoms with E-state index in [0.29, 0.717) is 40.0 Å². The number of nitrogens with zero attached hydrogens (tertiary/aromatic N) is 5. The number of hydrogen-bond acceptors (Lipinski definition) is 8. The molecular weight excluding hydrogens is 498 g/mol. The fraction of sp³-hybridized carbons (Fsp3) is 0.346. The summed E-state index contributed by atoms with van der Waals surface area (Å²) in [7, 11) is 0. The molecule has 3 aromatic heterocycles. The van der Waals surface area contributed by atoms with E-state index in [4.69, 9.17) is 4.74 Å². The van der Waals surface area contributed by atoms with Crippen LogP contribution in [0.25, 0.3) is 16.8 Å². The van der Waals surface area contributed by atoms with Crippen molar-refractivity contribution in [3.05, 3.63) is 71.2 Å². The number of nitrogens with one attached hydrogen (secondary N) is 1. The number of halogens is 2. The SMILES string of the molecule is CC1(O)CC(O)(c2ncc(-c3cc4c5c(nn4cn3)[C@H]3C[C@@H]5c4c(OC(F)F)cccc4C(=O)N3)cn2)C1. The molecule has 38 heavy (non-hydrogen) atoms.